The second-order valence-corrected chi connectivity index (χ2v) is 17.1. The van der Waals surface area contributed by atoms with Crippen LogP contribution < -0.4 is 5.11 Å². The molecule has 60 heavy (non-hydrogen) atoms. The van der Waals surface area contributed by atoms with Crippen LogP contribution in [0.3, 0.4) is 0 Å². The molecule has 2 atom stereocenters. The molecule has 0 rings (SSSR count). The number of nitrogens with zero attached hydrogens (tertiary/aromatic N) is 1. The number of carboxylic acid groups (broad SMARTS) is 1. The monoisotopic (exact) mass is 840 g/mol. The van der Waals surface area contributed by atoms with Crippen molar-refractivity contribution >= 4 is 17.9 Å². The number of quaternary nitrogens is 1. The molecule has 0 N–H and O–H groups in total. The molecule has 8 nitrogen and oxygen atoms in total. The van der Waals surface area contributed by atoms with E-state index in [9.17, 15) is 19.5 Å². The number of esters is 2. The molecule has 0 spiro atoms. The van der Waals surface area contributed by atoms with Crippen molar-refractivity contribution in [3.05, 3.63) is 72.9 Å². The Morgan fingerprint density at radius 2 is 0.967 bits per heavy atom. The van der Waals surface area contributed by atoms with Gasteiger partial charge in [0.2, 0.25) is 0 Å². The van der Waals surface area contributed by atoms with Gasteiger partial charge < -0.3 is 28.6 Å². The maximum atomic E-state index is 12.7. The molecule has 0 aliphatic carbocycles. The molecular weight excluding hydrogens is 751 g/mol. The van der Waals surface area contributed by atoms with E-state index in [2.05, 4.69) is 32.1 Å². The van der Waals surface area contributed by atoms with Crippen LogP contribution in [0.15, 0.2) is 72.9 Å². The number of rotatable bonds is 42. The third kappa shape index (κ3) is 40.2. The van der Waals surface area contributed by atoms with Gasteiger partial charge in [0.1, 0.15) is 12.6 Å². The van der Waals surface area contributed by atoms with Crippen LogP contribution >= 0.6 is 0 Å². The molecule has 8 heteroatoms. The molecule has 0 bridgehead atoms. The molecule has 0 aromatic heterocycles. The summed E-state index contributed by atoms with van der Waals surface area (Å²) in [6.07, 6.45) is 53.9. The fourth-order valence-electron chi connectivity index (χ4n) is 6.74. The Kier molecular flexibility index (Phi) is 40.2. The van der Waals surface area contributed by atoms with Crippen LogP contribution in [-0.4, -0.2) is 75.5 Å². The summed E-state index contributed by atoms with van der Waals surface area (Å²) >= 11 is 0. The molecule has 0 heterocycles. The summed E-state index contributed by atoms with van der Waals surface area (Å²) in [5, 5.41) is 11.6. The van der Waals surface area contributed by atoms with E-state index < -0.39 is 18.1 Å². The highest BCUT2D eigenvalue weighted by Gasteiger charge is 2.25. The molecule has 2 unspecified atom stereocenters. The predicted octanol–water partition coefficient (Wildman–Crippen LogP) is 12.2. The van der Waals surface area contributed by atoms with Crippen LogP contribution in [0.2, 0.25) is 0 Å². The zero-order chi connectivity index (χ0) is 44.2. The molecule has 0 amide bonds. The zero-order valence-corrected chi connectivity index (χ0v) is 39.1. The molecule has 0 aromatic carbocycles. The molecule has 0 saturated heterocycles. The van der Waals surface area contributed by atoms with Gasteiger partial charge in [0.05, 0.1) is 40.3 Å². The highest BCUT2D eigenvalue weighted by Crippen LogP contribution is 2.14. The number of unbranched alkanes of at least 4 members (excludes halogenated alkanes) is 20. The molecule has 344 valence electrons. The van der Waals surface area contributed by atoms with E-state index in [4.69, 9.17) is 14.2 Å². The van der Waals surface area contributed by atoms with Crippen LogP contribution in [0.4, 0.5) is 0 Å². The second-order valence-electron chi connectivity index (χ2n) is 17.1. The summed E-state index contributed by atoms with van der Waals surface area (Å²) in [5.74, 6) is -1.84. The van der Waals surface area contributed by atoms with Gasteiger partial charge in [-0.3, -0.25) is 9.59 Å². The molecule has 0 aromatic rings. The second kappa shape index (κ2) is 42.5. The van der Waals surface area contributed by atoms with Gasteiger partial charge in [-0.2, -0.15) is 0 Å². The quantitative estimate of drug-likeness (QED) is 0.0198. The maximum Gasteiger partial charge on any atom is 0.306 e. The fourth-order valence-corrected chi connectivity index (χ4v) is 6.74. The number of hydrogen-bond acceptors (Lipinski definition) is 7. The van der Waals surface area contributed by atoms with E-state index in [1.807, 2.05) is 54.7 Å². The standard InChI is InChI=1S/C52H89NO7/c1-6-8-10-12-14-16-18-20-21-22-23-24-25-26-27-28-29-31-32-34-36-38-40-42-50(54)59-47-48(46-58-45-44-49(52(56)57)53(3,4)5)60-51(55)43-41-39-37-35-33-30-19-17-15-13-11-9-7-2/h9,11,13,15,17,19,26-27,30,33,35,37,48-49H,6-8,10,12,14,16,18,20-25,28-29,31-32,34,36,38-47H2,1-5H3/b11-9+,15-13+,19-17+,27-26+,33-30+,37-35+. The van der Waals surface area contributed by atoms with Crippen LogP contribution in [-0.2, 0) is 28.6 Å². The number of hydrogen-bond donors (Lipinski definition) is 0. The van der Waals surface area contributed by atoms with Gasteiger partial charge in [-0.05, 0) is 51.4 Å². The fraction of sp³-hybridized carbons (Fsp3) is 0.712. The number of ether oxygens (including phenoxy) is 3. The molecule has 0 saturated carbocycles. The van der Waals surface area contributed by atoms with E-state index in [1.54, 1.807) is 21.1 Å². The first kappa shape index (κ1) is 56.8. The zero-order valence-electron chi connectivity index (χ0n) is 39.1. The smallest absolute Gasteiger partial charge is 0.306 e. The number of allylic oxidation sites excluding steroid dienone is 12. The Bertz CT molecular complexity index is 1210. The lowest BCUT2D eigenvalue weighted by atomic mass is 10.0. The van der Waals surface area contributed by atoms with Crippen molar-refractivity contribution in [3.8, 4) is 0 Å². The van der Waals surface area contributed by atoms with Gasteiger partial charge in [0.15, 0.2) is 6.10 Å². The highest BCUT2D eigenvalue weighted by atomic mass is 16.6. The highest BCUT2D eigenvalue weighted by molar-refractivity contribution is 5.70. The Morgan fingerprint density at radius 3 is 1.47 bits per heavy atom. The third-order valence-corrected chi connectivity index (χ3v) is 10.5. The number of carbonyl (C=O) groups excluding carboxylic acids is 3. The van der Waals surface area contributed by atoms with E-state index in [0.717, 1.165) is 25.7 Å². The molecule has 0 radical (unpaired) electrons. The van der Waals surface area contributed by atoms with Gasteiger partial charge >= 0.3 is 11.9 Å². The van der Waals surface area contributed by atoms with Crippen LogP contribution in [0.1, 0.15) is 187 Å². The minimum Gasteiger partial charge on any atom is -0.544 e. The van der Waals surface area contributed by atoms with Crippen LogP contribution in [0.5, 0.6) is 0 Å². The van der Waals surface area contributed by atoms with E-state index in [1.165, 1.54) is 116 Å². The minimum absolute atomic E-state index is 0.00740. The van der Waals surface area contributed by atoms with Gasteiger partial charge in [0, 0.05) is 19.3 Å². The normalized spacial score (nSPS) is 13.6. The molecule has 0 aliphatic heterocycles. The SMILES string of the molecule is CC/C=C/C=C/C=C/C=C/C=C/CCCC(=O)OC(COCCC(C(=O)[O-])[N+](C)(C)C)COC(=O)CCCCCCCCC/C=C/CCCCCCCCCCCCCC. The van der Waals surface area contributed by atoms with Gasteiger partial charge in [-0.1, -0.05) is 189 Å². The number of likely N-dealkylation sites (N-methyl/N-ethyl adjacent to an activating group) is 1. The average Bonchev–Trinajstić information content (AvgIpc) is 3.21. The average molecular weight is 840 g/mol. The summed E-state index contributed by atoms with van der Waals surface area (Å²) in [5.41, 5.74) is 0. The summed E-state index contributed by atoms with van der Waals surface area (Å²) in [6.45, 7) is 4.44. The molecular formula is C52H89NO7. The van der Waals surface area contributed by atoms with Gasteiger partial charge in [-0.25, -0.2) is 0 Å². The van der Waals surface area contributed by atoms with E-state index in [-0.39, 0.29) is 49.1 Å². The summed E-state index contributed by atoms with van der Waals surface area (Å²) in [6, 6.07) is -0.742. The van der Waals surface area contributed by atoms with Crippen molar-refractivity contribution in [2.45, 2.75) is 199 Å². The first-order valence-corrected chi connectivity index (χ1v) is 24.0. The first-order valence-electron chi connectivity index (χ1n) is 24.0. The van der Waals surface area contributed by atoms with Crippen molar-refractivity contribution in [2.75, 3.05) is 41.0 Å². The van der Waals surface area contributed by atoms with Crippen LogP contribution in [0.25, 0.3) is 0 Å². The minimum atomic E-state index is -1.14. The van der Waals surface area contributed by atoms with Crippen molar-refractivity contribution < 1.29 is 38.2 Å². The topological polar surface area (TPSA) is 102 Å². The van der Waals surface area contributed by atoms with Crippen molar-refractivity contribution in [3.63, 3.8) is 0 Å². The van der Waals surface area contributed by atoms with E-state index in [0.29, 0.717) is 19.3 Å². The lowest BCUT2D eigenvalue weighted by Gasteiger charge is -2.34. The summed E-state index contributed by atoms with van der Waals surface area (Å²) < 4.78 is 17.1. The van der Waals surface area contributed by atoms with E-state index >= 15 is 0 Å². The first-order chi connectivity index (χ1) is 29.1. The summed E-state index contributed by atoms with van der Waals surface area (Å²) in [7, 11) is 5.37. The Labute approximate surface area is 368 Å². The Hall–Kier alpha value is -3.23. The lowest BCUT2D eigenvalue weighted by molar-refractivity contribution is -0.889. The predicted molar refractivity (Wildman–Crippen MR) is 249 cm³/mol. The Morgan fingerprint density at radius 1 is 0.517 bits per heavy atom. The van der Waals surface area contributed by atoms with Gasteiger partial charge in [0.25, 0.3) is 0 Å². The molecule has 0 fully saturated rings. The van der Waals surface area contributed by atoms with Crippen molar-refractivity contribution in [1.82, 2.24) is 0 Å². The maximum absolute atomic E-state index is 12.7. The Balaban J connectivity index is 4.28. The van der Waals surface area contributed by atoms with Crippen molar-refractivity contribution in [1.29, 1.82) is 0 Å². The number of aliphatic carboxylic acids is 1. The largest absolute Gasteiger partial charge is 0.544 e. The van der Waals surface area contributed by atoms with Crippen molar-refractivity contribution in [2.24, 2.45) is 0 Å². The van der Waals surface area contributed by atoms with Crippen LogP contribution in [0, 0.1) is 0 Å². The van der Waals surface area contributed by atoms with Gasteiger partial charge in [-0.15, -0.1) is 0 Å². The summed E-state index contributed by atoms with van der Waals surface area (Å²) in [4.78, 5) is 36.9. The lowest BCUT2D eigenvalue weighted by Crippen LogP contribution is -2.55. The molecule has 0 aliphatic rings. The number of carbonyl (C=O) groups is 3. The third-order valence-electron chi connectivity index (χ3n) is 10.5. The number of carboxylic acids is 1.